The Morgan fingerprint density at radius 2 is 1.82 bits per heavy atom. The maximum absolute atomic E-state index is 13.3. The second-order valence-electron chi connectivity index (χ2n) is 7.70. The van der Waals surface area contributed by atoms with Crippen LogP contribution in [0.1, 0.15) is 40.3 Å². The highest BCUT2D eigenvalue weighted by Crippen LogP contribution is 2.32. The van der Waals surface area contributed by atoms with Crippen molar-refractivity contribution in [1.29, 1.82) is 0 Å². The van der Waals surface area contributed by atoms with Crippen LogP contribution in [0.2, 0.25) is 10.0 Å². The molecule has 3 aromatic carbocycles. The Morgan fingerprint density at radius 1 is 1.09 bits per heavy atom. The van der Waals surface area contributed by atoms with Gasteiger partial charge in [0.1, 0.15) is 5.82 Å². The summed E-state index contributed by atoms with van der Waals surface area (Å²) in [6, 6.07) is 18.4. The molecule has 0 aliphatic heterocycles. The quantitative estimate of drug-likeness (QED) is 0.275. The third kappa shape index (κ3) is 5.43. The van der Waals surface area contributed by atoms with E-state index in [0.717, 1.165) is 11.1 Å². The predicted molar refractivity (Wildman–Crippen MR) is 134 cm³/mol. The molecule has 4 aromatic rings. The van der Waals surface area contributed by atoms with E-state index < -0.39 is 6.04 Å². The third-order valence-corrected chi connectivity index (χ3v) is 6.75. The Morgan fingerprint density at radius 3 is 2.53 bits per heavy atom. The van der Waals surface area contributed by atoms with Crippen LogP contribution in [-0.4, -0.2) is 20.7 Å². The Hall–Kier alpha value is -2.87. The van der Waals surface area contributed by atoms with Crippen LogP contribution < -0.4 is 5.32 Å². The summed E-state index contributed by atoms with van der Waals surface area (Å²) in [5.41, 5.74) is 3.05. The number of benzene rings is 3. The average molecular weight is 515 g/mol. The second-order valence-corrected chi connectivity index (χ2v) is 9.48. The van der Waals surface area contributed by atoms with Gasteiger partial charge in [-0.05, 0) is 61.4 Å². The van der Waals surface area contributed by atoms with E-state index in [1.807, 2.05) is 36.6 Å². The van der Waals surface area contributed by atoms with Crippen molar-refractivity contribution in [2.24, 2.45) is 0 Å². The van der Waals surface area contributed by atoms with Gasteiger partial charge in [0.25, 0.3) is 5.91 Å². The summed E-state index contributed by atoms with van der Waals surface area (Å²) < 4.78 is 15.1. The summed E-state index contributed by atoms with van der Waals surface area (Å²) in [5, 5.41) is 13.3. The SMILES string of the molecule is Cc1ccccc1C(=O)NC(C)c1nnc(SCc2ccc(F)cc2)n1-c1ccc(Cl)cc1Cl. The topological polar surface area (TPSA) is 59.8 Å². The molecule has 0 spiro atoms. The Labute approximate surface area is 211 Å². The molecule has 1 N–H and O–H groups in total. The maximum atomic E-state index is 13.3. The van der Waals surface area contributed by atoms with Crippen molar-refractivity contribution in [3.63, 3.8) is 0 Å². The molecule has 0 fully saturated rings. The number of rotatable bonds is 7. The summed E-state index contributed by atoms with van der Waals surface area (Å²) >= 11 is 14.1. The summed E-state index contributed by atoms with van der Waals surface area (Å²) in [6.07, 6.45) is 0. The van der Waals surface area contributed by atoms with E-state index in [9.17, 15) is 9.18 Å². The zero-order chi connectivity index (χ0) is 24.2. The van der Waals surface area contributed by atoms with Gasteiger partial charge >= 0.3 is 0 Å². The van der Waals surface area contributed by atoms with Crippen molar-refractivity contribution in [3.05, 3.63) is 105 Å². The van der Waals surface area contributed by atoms with Gasteiger partial charge in [0.2, 0.25) is 0 Å². The van der Waals surface area contributed by atoms with Crippen molar-refractivity contribution in [2.75, 3.05) is 0 Å². The molecule has 34 heavy (non-hydrogen) atoms. The first-order valence-electron chi connectivity index (χ1n) is 10.5. The van der Waals surface area contributed by atoms with Crippen LogP contribution in [0, 0.1) is 12.7 Å². The van der Waals surface area contributed by atoms with Crippen LogP contribution in [0.5, 0.6) is 0 Å². The predicted octanol–water partition coefficient (Wildman–Crippen LogP) is 6.80. The number of nitrogens with one attached hydrogen (secondary N) is 1. The number of thioether (sulfide) groups is 1. The summed E-state index contributed by atoms with van der Waals surface area (Å²) in [7, 11) is 0. The Kier molecular flexibility index (Phi) is 7.56. The van der Waals surface area contributed by atoms with E-state index in [1.54, 1.807) is 36.4 Å². The minimum atomic E-state index is -0.466. The summed E-state index contributed by atoms with van der Waals surface area (Å²) in [4.78, 5) is 12.9. The van der Waals surface area contributed by atoms with Crippen molar-refractivity contribution < 1.29 is 9.18 Å². The molecule has 1 amide bonds. The maximum Gasteiger partial charge on any atom is 0.252 e. The highest BCUT2D eigenvalue weighted by Gasteiger charge is 2.23. The molecule has 0 aliphatic carbocycles. The number of aryl methyl sites for hydroxylation is 1. The first-order chi connectivity index (χ1) is 16.3. The lowest BCUT2D eigenvalue weighted by molar-refractivity contribution is 0.0937. The minimum absolute atomic E-state index is 0.206. The zero-order valence-electron chi connectivity index (χ0n) is 18.4. The van der Waals surface area contributed by atoms with Gasteiger partial charge in [0.05, 0.1) is 16.8 Å². The van der Waals surface area contributed by atoms with Crippen LogP contribution in [0.3, 0.4) is 0 Å². The number of hydrogen-bond donors (Lipinski definition) is 1. The van der Waals surface area contributed by atoms with Gasteiger partial charge < -0.3 is 5.32 Å². The van der Waals surface area contributed by atoms with E-state index in [4.69, 9.17) is 23.2 Å². The van der Waals surface area contributed by atoms with E-state index in [-0.39, 0.29) is 11.7 Å². The minimum Gasteiger partial charge on any atom is -0.342 e. The monoisotopic (exact) mass is 514 g/mol. The molecular formula is C25H21Cl2FN4OS. The van der Waals surface area contributed by atoms with E-state index in [2.05, 4.69) is 15.5 Å². The van der Waals surface area contributed by atoms with Crippen LogP contribution in [0.15, 0.2) is 71.9 Å². The van der Waals surface area contributed by atoms with Gasteiger partial charge in [-0.2, -0.15) is 0 Å². The summed E-state index contributed by atoms with van der Waals surface area (Å²) in [6.45, 7) is 3.73. The number of aromatic nitrogens is 3. The third-order valence-electron chi connectivity index (χ3n) is 5.21. The Bertz CT molecular complexity index is 1330. The number of carbonyl (C=O) groups excluding carboxylic acids is 1. The van der Waals surface area contributed by atoms with Gasteiger partial charge in [-0.15, -0.1) is 10.2 Å². The lowest BCUT2D eigenvalue weighted by Gasteiger charge is -2.18. The molecule has 0 radical (unpaired) electrons. The highest BCUT2D eigenvalue weighted by molar-refractivity contribution is 7.98. The van der Waals surface area contributed by atoms with Crippen LogP contribution in [0.4, 0.5) is 4.39 Å². The average Bonchev–Trinajstić information content (AvgIpc) is 3.23. The molecule has 1 unspecified atom stereocenters. The smallest absolute Gasteiger partial charge is 0.252 e. The normalized spacial score (nSPS) is 11.9. The molecule has 0 bridgehead atoms. The van der Waals surface area contributed by atoms with E-state index in [0.29, 0.717) is 38.0 Å². The van der Waals surface area contributed by atoms with Gasteiger partial charge in [-0.1, -0.05) is 65.3 Å². The number of halogens is 3. The molecule has 4 rings (SSSR count). The fourth-order valence-corrected chi connectivity index (χ4v) is 4.84. The molecule has 0 saturated carbocycles. The number of hydrogen-bond acceptors (Lipinski definition) is 4. The lowest BCUT2D eigenvalue weighted by Crippen LogP contribution is -2.29. The molecule has 0 aliphatic rings. The molecule has 1 aromatic heterocycles. The first kappa shape index (κ1) is 24.3. The van der Waals surface area contributed by atoms with Crippen molar-refractivity contribution >= 4 is 40.9 Å². The molecule has 9 heteroatoms. The molecular weight excluding hydrogens is 494 g/mol. The Balaban J connectivity index is 1.66. The van der Waals surface area contributed by atoms with Crippen molar-refractivity contribution in [1.82, 2.24) is 20.1 Å². The molecule has 174 valence electrons. The fraction of sp³-hybridized carbons (Fsp3) is 0.160. The molecule has 1 heterocycles. The van der Waals surface area contributed by atoms with Gasteiger partial charge in [0, 0.05) is 16.3 Å². The highest BCUT2D eigenvalue weighted by atomic mass is 35.5. The first-order valence-corrected chi connectivity index (χ1v) is 12.2. The van der Waals surface area contributed by atoms with Crippen molar-refractivity contribution in [3.8, 4) is 5.69 Å². The van der Waals surface area contributed by atoms with Gasteiger partial charge in [-0.3, -0.25) is 9.36 Å². The van der Waals surface area contributed by atoms with Crippen LogP contribution in [-0.2, 0) is 5.75 Å². The number of nitrogens with zero attached hydrogens (tertiary/aromatic N) is 3. The molecule has 0 saturated heterocycles. The van der Waals surface area contributed by atoms with Crippen LogP contribution >= 0.6 is 35.0 Å². The number of carbonyl (C=O) groups is 1. The standard InChI is InChI=1S/C25H21Cl2FN4OS/c1-15-5-3-4-6-20(15)24(33)29-16(2)23-30-31-25(34-14-17-7-10-19(28)11-8-17)32(23)22-12-9-18(26)13-21(22)27/h3-13,16H,14H2,1-2H3,(H,29,33). The largest absolute Gasteiger partial charge is 0.342 e. The zero-order valence-corrected chi connectivity index (χ0v) is 20.8. The van der Waals surface area contributed by atoms with E-state index in [1.165, 1.54) is 23.9 Å². The second kappa shape index (κ2) is 10.6. The number of amides is 1. The fourth-order valence-electron chi connectivity index (χ4n) is 3.44. The summed E-state index contributed by atoms with van der Waals surface area (Å²) in [5.74, 6) is 0.578. The molecule has 1 atom stereocenters. The van der Waals surface area contributed by atoms with E-state index >= 15 is 0 Å². The van der Waals surface area contributed by atoms with Crippen molar-refractivity contribution in [2.45, 2.75) is 30.8 Å². The van der Waals surface area contributed by atoms with Gasteiger partial charge in [-0.25, -0.2) is 4.39 Å². The van der Waals surface area contributed by atoms with Gasteiger partial charge in [0.15, 0.2) is 11.0 Å². The molecule has 5 nitrogen and oxygen atoms in total. The van der Waals surface area contributed by atoms with Crippen LogP contribution in [0.25, 0.3) is 5.69 Å². The lowest BCUT2D eigenvalue weighted by atomic mass is 10.1.